The molecule has 0 amide bonds. The second kappa shape index (κ2) is 6.07. The van der Waals surface area contributed by atoms with Crippen LogP contribution in [0.25, 0.3) is 20.4 Å². The quantitative estimate of drug-likeness (QED) is 0.720. The molecular formula is C18H21N4O2S+. The lowest BCUT2D eigenvalue weighted by atomic mass is 10.1. The van der Waals surface area contributed by atoms with Crippen molar-refractivity contribution in [3.63, 3.8) is 0 Å². The first-order valence-electron chi connectivity index (χ1n) is 8.97. The molecule has 25 heavy (non-hydrogen) atoms. The van der Waals surface area contributed by atoms with Gasteiger partial charge >= 0.3 is 5.88 Å². The molecule has 0 unspecified atom stereocenters. The number of aryl methyl sites for hydroxylation is 1. The van der Waals surface area contributed by atoms with Gasteiger partial charge in [0, 0.05) is 13.1 Å². The lowest BCUT2D eigenvalue weighted by molar-refractivity contribution is -0.396. The molecule has 4 heterocycles. The zero-order valence-corrected chi connectivity index (χ0v) is 15.1. The number of thiophene rings is 1. The summed E-state index contributed by atoms with van der Waals surface area (Å²) in [5.74, 6) is 1.96. The van der Waals surface area contributed by atoms with Gasteiger partial charge in [-0.15, -0.1) is 11.3 Å². The fraction of sp³-hybridized carbons (Fsp3) is 0.500. The third-order valence-electron chi connectivity index (χ3n) is 5.06. The van der Waals surface area contributed by atoms with Gasteiger partial charge in [0.1, 0.15) is 10.6 Å². The van der Waals surface area contributed by atoms with Crippen molar-refractivity contribution >= 4 is 37.6 Å². The minimum absolute atomic E-state index is 0.633. The lowest BCUT2D eigenvalue weighted by Crippen LogP contribution is -2.37. The van der Waals surface area contributed by atoms with E-state index in [1.54, 1.807) is 17.7 Å². The van der Waals surface area contributed by atoms with E-state index in [4.69, 9.17) is 14.5 Å². The number of rotatable bonds is 3. The smallest absolute Gasteiger partial charge is 0.304 e. The maximum Gasteiger partial charge on any atom is 0.304 e. The van der Waals surface area contributed by atoms with Crippen LogP contribution in [-0.4, -0.2) is 42.9 Å². The second-order valence-electron chi connectivity index (χ2n) is 6.47. The molecule has 1 saturated heterocycles. The standard InChI is InChI=1S/C18H20N4O2S/c1-2-24-17-15-14(19-10-20-17)13-11-4-3-5-12(11)16(21-18(13)25-15)22-6-8-23-9-7-22/h10H,2-9H2,1H3/p+1. The average Bonchev–Trinajstić information content (AvgIpc) is 3.26. The molecule has 1 aliphatic carbocycles. The van der Waals surface area contributed by atoms with Crippen molar-refractivity contribution in [1.82, 2.24) is 9.97 Å². The van der Waals surface area contributed by atoms with Crippen LogP contribution < -0.4 is 14.6 Å². The Balaban J connectivity index is 1.76. The van der Waals surface area contributed by atoms with Crippen LogP contribution in [0, 0.1) is 0 Å². The molecule has 3 aromatic heterocycles. The van der Waals surface area contributed by atoms with Crippen LogP contribution >= 0.6 is 11.3 Å². The molecule has 1 aliphatic heterocycles. The molecule has 1 fully saturated rings. The van der Waals surface area contributed by atoms with Gasteiger partial charge in [-0.05, 0) is 42.3 Å². The molecule has 5 rings (SSSR count). The minimum Gasteiger partial charge on any atom is -0.461 e. The van der Waals surface area contributed by atoms with Crippen LogP contribution in [0.1, 0.15) is 24.5 Å². The summed E-state index contributed by atoms with van der Waals surface area (Å²) in [4.78, 5) is 16.3. The van der Waals surface area contributed by atoms with E-state index in [1.807, 2.05) is 6.92 Å². The van der Waals surface area contributed by atoms with Crippen molar-refractivity contribution in [1.29, 1.82) is 0 Å². The first kappa shape index (κ1) is 15.3. The van der Waals surface area contributed by atoms with Crippen molar-refractivity contribution in [2.75, 3.05) is 37.8 Å². The molecule has 0 radical (unpaired) electrons. The van der Waals surface area contributed by atoms with Crippen LogP contribution in [0.3, 0.4) is 0 Å². The molecule has 0 atom stereocenters. The number of pyridine rings is 1. The minimum atomic E-state index is 0.633. The number of aromatic amines is 1. The zero-order chi connectivity index (χ0) is 16.8. The average molecular weight is 357 g/mol. The van der Waals surface area contributed by atoms with Gasteiger partial charge in [0.2, 0.25) is 5.52 Å². The molecule has 3 aromatic rings. The highest BCUT2D eigenvalue weighted by atomic mass is 32.1. The normalized spacial score (nSPS) is 17.4. The Morgan fingerprint density at radius 1 is 1.28 bits per heavy atom. The first-order valence-corrected chi connectivity index (χ1v) is 9.78. The summed E-state index contributed by atoms with van der Waals surface area (Å²) in [5, 5.41) is 1.24. The second-order valence-corrected chi connectivity index (χ2v) is 7.47. The number of aromatic nitrogens is 3. The van der Waals surface area contributed by atoms with Gasteiger partial charge in [-0.1, -0.05) is 0 Å². The third-order valence-corrected chi connectivity index (χ3v) is 6.13. The predicted octanol–water partition coefficient (Wildman–Crippen LogP) is 2.38. The van der Waals surface area contributed by atoms with Gasteiger partial charge in [0.15, 0.2) is 4.70 Å². The van der Waals surface area contributed by atoms with E-state index in [0.717, 1.165) is 65.9 Å². The summed E-state index contributed by atoms with van der Waals surface area (Å²) < 4.78 is 12.4. The molecule has 1 N–H and O–H groups in total. The number of hydrogen-bond donors (Lipinski definition) is 0. The Morgan fingerprint density at radius 2 is 2.12 bits per heavy atom. The summed E-state index contributed by atoms with van der Waals surface area (Å²) >= 11 is 1.68. The summed E-state index contributed by atoms with van der Waals surface area (Å²) in [5.41, 5.74) is 3.89. The number of nitrogens with one attached hydrogen (secondary N) is 1. The Hall–Kier alpha value is -1.99. The molecule has 0 aromatic carbocycles. The zero-order valence-electron chi connectivity index (χ0n) is 14.3. The Labute approximate surface area is 149 Å². The lowest BCUT2D eigenvalue weighted by Gasteiger charge is -2.29. The summed E-state index contributed by atoms with van der Waals surface area (Å²) in [6, 6.07) is 0. The first-order chi connectivity index (χ1) is 12.4. The van der Waals surface area contributed by atoms with Crippen molar-refractivity contribution < 1.29 is 14.5 Å². The highest BCUT2D eigenvalue weighted by Gasteiger charge is 2.29. The Kier molecular flexibility index (Phi) is 3.71. The van der Waals surface area contributed by atoms with Crippen molar-refractivity contribution in [3.8, 4) is 5.88 Å². The van der Waals surface area contributed by atoms with E-state index in [9.17, 15) is 0 Å². The fourth-order valence-corrected chi connectivity index (χ4v) is 5.09. The molecule has 2 aliphatic rings. The summed E-state index contributed by atoms with van der Waals surface area (Å²) in [7, 11) is 0. The van der Waals surface area contributed by atoms with Crippen LogP contribution in [0.2, 0.25) is 0 Å². The molecular weight excluding hydrogens is 336 g/mol. The van der Waals surface area contributed by atoms with Crippen LogP contribution in [0.5, 0.6) is 5.88 Å². The Morgan fingerprint density at radius 3 is 2.96 bits per heavy atom. The summed E-state index contributed by atoms with van der Waals surface area (Å²) in [6.45, 7) is 6.05. The largest absolute Gasteiger partial charge is 0.461 e. The van der Waals surface area contributed by atoms with Crippen molar-refractivity contribution in [2.45, 2.75) is 26.2 Å². The van der Waals surface area contributed by atoms with Gasteiger partial charge in [-0.3, -0.25) is 0 Å². The van der Waals surface area contributed by atoms with E-state index in [1.165, 1.54) is 22.9 Å². The number of anilines is 1. The SMILES string of the molecule is CCOc1[nH+]cnc2c1sc1nc(N3CCOCC3)c3c(c12)CCC3. The predicted molar refractivity (Wildman–Crippen MR) is 97.7 cm³/mol. The highest BCUT2D eigenvalue weighted by molar-refractivity contribution is 7.25. The topological polar surface area (TPSA) is 61.6 Å². The van der Waals surface area contributed by atoms with E-state index in [-0.39, 0.29) is 0 Å². The number of H-pyrrole nitrogens is 1. The highest BCUT2D eigenvalue weighted by Crippen LogP contribution is 2.43. The maximum absolute atomic E-state index is 5.77. The molecule has 0 spiro atoms. The summed E-state index contributed by atoms with van der Waals surface area (Å²) in [6.07, 6.45) is 5.15. The fourth-order valence-electron chi connectivity index (χ4n) is 3.98. The van der Waals surface area contributed by atoms with Gasteiger partial charge in [0.25, 0.3) is 6.33 Å². The molecule has 7 heteroatoms. The maximum atomic E-state index is 5.77. The van der Waals surface area contributed by atoms with Crippen molar-refractivity contribution in [3.05, 3.63) is 17.5 Å². The number of ether oxygens (including phenoxy) is 2. The van der Waals surface area contributed by atoms with Gasteiger partial charge in [0.05, 0.1) is 25.2 Å². The van der Waals surface area contributed by atoms with Crippen LogP contribution in [0.4, 0.5) is 5.82 Å². The number of fused-ring (bicyclic) bond motifs is 5. The van der Waals surface area contributed by atoms with Gasteiger partial charge in [-0.2, -0.15) is 0 Å². The number of hydrogen-bond acceptors (Lipinski definition) is 6. The van der Waals surface area contributed by atoms with Crippen LogP contribution in [-0.2, 0) is 17.6 Å². The molecule has 130 valence electrons. The number of morpholine rings is 1. The van der Waals surface area contributed by atoms with Gasteiger partial charge in [-0.25, -0.2) is 9.97 Å². The van der Waals surface area contributed by atoms with Crippen LogP contribution in [0.15, 0.2) is 6.33 Å². The van der Waals surface area contributed by atoms with E-state index in [2.05, 4.69) is 14.9 Å². The monoisotopic (exact) mass is 357 g/mol. The van der Waals surface area contributed by atoms with E-state index in [0.29, 0.717) is 6.61 Å². The van der Waals surface area contributed by atoms with Crippen molar-refractivity contribution in [2.24, 2.45) is 0 Å². The molecule has 0 bridgehead atoms. The van der Waals surface area contributed by atoms with E-state index >= 15 is 0 Å². The molecule has 0 saturated carbocycles. The molecule has 6 nitrogen and oxygen atoms in total. The Bertz CT molecular complexity index is 949. The van der Waals surface area contributed by atoms with E-state index < -0.39 is 0 Å². The number of nitrogens with zero attached hydrogens (tertiary/aromatic N) is 3. The van der Waals surface area contributed by atoms with Gasteiger partial charge < -0.3 is 14.4 Å². The third kappa shape index (κ3) is 2.37.